The lowest BCUT2D eigenvalue weighted by Gasteiger charge is -2.18. The van der Waals surface area contributed by atoms with Crippen LogP contribution in [0.5, 0.6) is 0 Å². The molecule has 3 N–H and O–H groups in total. The quantitative estimate of drug-likeness (QED) is 0.311. The smallest absolute Gasteiger partial charge is 0.329 e. The summed E-state index contributed by atoms with van der Waals surface area (Å²) in [6.45, 7) is -0.423. The van der Waals surface area contributed by atoms with Gasteiger partial charge in [-0.25, -0.2) is 13.6 Å². The number of fused-ring (bicyclic) bond motifs is 1. The second-order valence-corrected chi connectivity index (χ2v) is 8.11. The van der Waals surface area contributed by atoms with Crippen LogP contribution < -0.4 is 10.6 Å². The van der Waals surface area contributed by atoms with Gasteiger partial charge in [0.25, 0.3) is 11.8 Å². The van der Waals surface area contributed by atoms with Gasteiger partial charge in [-0.1, -0.05) is 30.3 Å². The standard InChI is InChI=1S/C27H23F2N3O4/c28-20-9-5-17(6-10-20)14-31-25(33)16-36-27(35)24(32-26(34)18-7-11-21(29)12-8-18)13-19-15-30-23-4-2-1-3-22(19)23/h1-12,15,24,30H,13-14,16H2,(H,31,33)(H,32,34). The molecule has 7 nitrogen and oxygen atoms in total. The molecule has 0 fully saturated rings. The van der Waals surface area contributed by atoms with E-state index in [1.807, 2.05) is 24.3 Å². The molecule has 3 aromatic carbocycles. The van der Waals surface area contributed by atoms with Gasteiger partial charge in [-0.15, -0.1) is 0 Å². The Hall–Kier alpha value is -4.53. The van der Waals surface area contributed by atoms with Crippen molar-refractivity contribution in [1.82, 2.24) is 15.6 Å². The predicted octanol–water partition coefficient (Wildman–Crippen LogP) is 3.65. The first-order valence-corrected chi connectivity index (χ1v) is 11.2. The first-order chi connectivity index (χ1) is 17.4. The van der Waals surface area contributed by atoms with E-state index in [1.54, 1.807) is 6.20 Å². The minimum absolute atomic E-state index is 0.104. The molecular weight excluding hydrogens is 468 g/mol. The average Bonchev–Trinajstić information content (AvgIpc) is 3.29. The maximum atomic E-state index is 13.2. The van der Waals surface area contributed by atoms with E-state index in [1.165, 1.54) is 36.4 Å². The first-order valence-electron chi connectivity index (χ1n) is 11.2. The summed E-state index contributed by atoms with van der Waals surface area (Å²) in [5.74, 6) is -2.82. The Morgan fingerprint density at radius 2 is 1.56 bits per heavy atom. The Kier molecular flexibility index (Phi) is 7.69. The monoisotopic (exact) mass is 491 g/mol. The number of halogens is 2. The van der Waals surface area contributed by atoms with Gasteiger partial charge in [-0.05, 0) is 53.6 Å². The number of benzene rings is 3. The summed E-state index contributed by atoms with van der Waals surface area (Å²) in [7, 11) is 0. The van der Waals surface area contributed by atoms with E-state index in [4.69, 9.17) is 4.74 Å². The fourth-order valence-electron chi connectivity index (χ4n) is 3.65. The molecule has 1 heterocycles. The van der Waals surface area contributed by atoms with E-state index in [2.05, 4.69) is 15.6 Å². The Bertz CT molecular complexity index is 1370. The number of ether oxygens (including phenoxy) is 1. The van der Waals surface area contributed by atoms with Crippen molar-refractivity contribution in [3.05, 3.63) is 107 Å². The normalized spacial score (nSPS) is 11.6. The molecule has 4 rings (SSSR count). The Morgan fingerprint density at radius 1 is 0.889 bits per heavy atom. The van der Waals surface area contributed by atoms with Crippen LogP contribution in [0.4, 0.5) is 8.78 Å². The van der Waals surface area contributed by atoms with Gasteiger partial charge in [-0.3, -0.25) is 9.59 Å². The molecule has 0 spiro atoms. The molecule has 0 aliphatic rings. The average molecular weight is 491 g/mol. The number of amides is 2. The van der Waals surface area contributed by atoms with Crippen molar-refractivity contribution in [1.29, 1.82) is 0 Å². The van der Waals surface area contributed by atoms with E-state index in [0.29, 0.717) is 5.56 Å². The summed E-state index contributed by atoms with van der Waals surface area (Å²) in [6.07, 6.45) is 1.84. The van der Waals surface area contributed by atoms with Crippen LogP contribution in [0.1, 0.15) is 21.5 Å². The third kappa shape index (κ3) is 6.32. The summed E-state index contributed by atoms with van der Waals surface area (Å²) < 4.78 is 31.5. The highest BCUT2D eigenvalue weighted by Gasteiger charge is 2.25. The molecule has 0 bridgehead atoms. The van der Waals surface area contributed by atoms with Gasteiger partial charge in [0.1, 0.15) is 17.7 Å². The van der Waals surface area contributed by atoms with Crippen molar-refractivity contribution in [3.8, 4) is 0 Å². The Balaban J connectivity index is 1.42. The maximum absolute atomic E-state index is 13.2. The number of rotatable bonds is 9. The number of carbonyl (C=O) groups excluding carboxylic acids is 3. The van der Waals surface area contributed by atoms with Gasteiger partial charge in [-0.2, -0.15) is 0 Å². The zero-order chi connectivity index (χ0) is 25.5. The van der Waals surface area contributed by atoms with Gasteiger partial charge >= 0.3 is 5.97 Å². The lowest BCUT2D eigenvalue weighted by molar-refractivity contribution is -0.150. The number of hydrogen-bond donors (Lipinski definition) is 3. The molecule has 1 atom stereocenters. The number of carbonyl (C=O) groups is 3. The fourth-order valence-corrected chi connectivity index (χ4v) is 3.65. The number of H-pyrrole nitrogens is 1. The minimum Gasteiger partial charge on any atom is -0.454 e. The van der Waals surface area contributed by atoms with E-state index >= 15 is 0 Å². The molecule has 184 valence electrons. The third-order valence-electron chi connectivity index (χ3n) is 5.54. The second kappa shape index (κ2) is 11.3. The molecule has 0 saturated carbocycles. The van der Waals surface area contributed by atoms with Crippen LogP contribution in [0.15, 0.2) is 79.0 Å². The van der Waals surface area contributed by atoms with Crippen LogP contribution in [0.25, 0.3) is 10.9 Å². The largest absolute Gasteiger partial charge is 0.454 e. The van der Waals surface area contributed by atoms with Crippen molar-refractivity contribution in [2.45, 2.75) is 19.0 Å². The zero-order valence-corrected chi connectivity index (χ0v) is 19.1. The number of esters is 1. The third-order valence-corrected chi connectivity index (χ3v) is 5.54. The zero-order valence-electron chi connectivity index (χ0n) is 19.1. The molecule has 0 aliphatic heterocycles. The van der Waals surface area contributed by atoms with E-state index in [0.717, 1.165) is 28.6 Å². The van der Waals surface area contributed by atoms with Gasteiger partial charge in [0.05, 0.1) is 0 Å². The van der Waals surface area contributed by atoms with Crippen molar-refractivity contribution in [2.24, 2.45) is 0 Å². The van der Waals surface area contributed by atoms with Crippen molar-refractivity contribution in [2.75, 3.05) is 6.61 Å². The van der Waals surface area contributed by atoms with Crippen LogP contribution in [0, 0.1) is 11.6 Å². The molecule has 1 unspecified atom stereocenters. The molecule has 1 aromatic heterocycles. The second-order valence-electron chi connectivity index (χ2n) is 8.11. The van der Waals surface area contributed by atoms with Gasteiger partial charge in [0.15, 0.2) is 6.61 Å². The number of hydrogen-bond acceptors (Lipinski definition) is 4. The highest BCUT2D eigenvalue weighted by Crippen LogP contribution is 2.19. The molecule has 0 aliphatic carbocycles. The van der Waals surface area contributed by atoms with Gasteiger partial charge in [0.2, 0.25) is 0 Å². The molecule has 2 amide bonds. The Labute approximate surface area is 205 Å². The number of aromatic amines is 1. The summed E-state index contributed by atoms with van der Waals surface area (Å²) >= 11 is 0. The highest BCUT2D eigenvalue weighted by atomic mass is 19.1. The topological polar surface area (TPSA) is 100 Å². The number of aromatic nitrogens is 1. The minimum atomic E-state index is -1.10. The SMILES string of the molecule is O=C(COC(=O)C(Cc1c[nH]c2ccccc12)NC(=O)c1ccc(F)cc1)NCc1ccc(F)cc1. The molecule has 0 saturated heterocycles. The molecule has 36 heavy (non-hydrogen) atoms. The van der Waals surface area contributed by atoms with Crippen molar-refractivity contribution in [3.63, 3.8) is 0 Å². The lowest BCUT2D eigenvalue weighted by atomic mass is 10.0. The Morgan fingerprint density at radius 3 is 2.28 bits per heavy atom. The summed E-state index contributed by atoms with van der Waals surface area (Å²) in [6, 6.07) is 16.9. The molecule has 0 radical (unpaired) electrons. The predicted molar refractivity (Wildman–Crippen MR) is 129 cm³/mol. The van der Waals surface area contributed by atoms with Crippen LogP contribution >= 0.6 is 0 Å². The number of nitrogens with one attached hydrogen (secondary N) is 3. The van der Waals surface area contributed by atoms with Gasteiger partial charge < -0.3 is 20.4 Å². The fraction of sp³-hybridized carbons (Fsp3) is 0.148. The number of para-hydroxylation sites is 1. The van der Waals surface area contributed by atoms with E-state index in [-0.39, 0.29) is 24.3 Å². The first kappa shape index (κ1) is 24.6. The highest BCUT2D eigenvalue weighted by molar-refractivity contribution is 5.97. The summed E-state index contributed by atoms with van der Waals surface area (Å²) in [5.41, 5.74) is 2.49. The van der Waals surface area contributed by atoms with Crippen LogP contribution in [0.2, 0.25) is 0 Å². The van der Waals surface area contributed by atoms with Crippen LogP contribution in [-0.2, 0) is 27.3 Å². The molecule has 9 heteroatoms. The van der Waals surface area contributed by atoms with Crippen molar-refractivity contribution >= 4 is 28.7 Å². The van der Waals surface area contributed by atoms with Gasteiger partial charge in [0, 0.05) is 35.6 Å². The maximum Gasteiger partial charge on any atom is 0.329 e. The summed E-state index contributed by atoms with van der Waals surface area (Å²) in [5, 5.41) is 6.09. The van der Waals surface area contributed by atoms with E-state index in [9.17, 15) is 23.2 Å². The molecular formula is C27H23F2N3O4. The van der Waals surface area contributed by atoms with Crippen LogP contribution in [-0.4, -0.2) is 35.4 Å². The summed E-state index contributed by atoms with van der Waals surface area (Å²) in [4.78, 5) is 40.9. The molecule has 4 aromatic rings. The van der Waals surface area contributed by atoms with Crippen molar-refractivity contribution < 1.29 is 27.9 Å². The van der Waals surface area contributed by atoms with E-state index < -0.39 is 36.2 Å². The van der Waals surface area contributed by atoms with Crippen LogP contribution in [0.3, 0.4) is 0 Å². The lowest BCUT2D eigenvalue weighted by Crippen LogP contribution is -2.44.